The molecule has 0 aliphatic heterocycles. The summed E-state index contributed by atoms with van der Waals surface area (Å²) in [6, 6.07) is 0. The number of ether oxygens (including phenoxy) is 2. The minimum Gasteiger partial charge on any atom is -0.462 e. The SMILES string of the molecule is C=C(C)C(=O)OCCCCCCOP(=O)(OCCCCCCCC)OCCCCCCOC(=O)C(=C)C. The maximum Gasteiger partial charge on any atom is 0.474 e. The molecular weight excluding hydrogens is 495 g/mol. The molecule has 0 radical (unpaired) electrons. The molecule has 0 aliphatic carbocycles. The van der Waals surface area contributed by atoms with Crippen molar-refractivity contribution >= 4 is 19.8 Å². The van der Waals surface area contributed by atoms with E-state index >= 15 is 0 Å². The van der Waals surface area contributed by atoms with Gasteiger partial charge in [-0.25, -0.2) is 14.2 Å². The maximum atomic E-state index is 13.1. The van der Waals surface area contributed by atoms with E-state index in [0.717, 1.165) is 57.8 Å². The van der Waals surface area contributed by atoms with Gasteiger partial charge in [-0.05, 0) is 58.8 Å². The summed E-state index contributed by atoms with van der Waals surface area (Å²) in [4.78, 5) is 22.7. The van der Waals surface area contributed by atoms with Gasteiger partial charge in [0.15, 0.2) is 0 Å². The van der Waals surface area contributed by atoms with Gasteiger partial charge in [-0.3, -0.25) is 13.6 Å². The third kappa shape index (κ3) is 22.2. The monoisotopic (exact) mass is 546 g/mol. The number of rotatable bonds is 26. The number of carbonyl (C=O) groups excluding carboxylic acids is 2. The number of phosphoric ester groups is 1. The third-order valence-corrected chi connectivity index (χ3v) is 6.98. The minimum absolute atomic E-state index is 0.285. The molecule has 0 aromatic carbocycles. The molecule has 0 amide bonds. The summed E-state index contributed by atoms with van der Waals surface area (Å²) in [5, 5.41) is 0. The average molecular weight is 547 g/mol. The molecule has 0 aromatic rings. The van der Waals surface area contributed by atoms with E-state index in [0.29, 0.717) is 43.8 Å². The van der Waals surface area contributed by atoms with Crippen LogP contribution in [0.2, 0.25) is 0 Å². The van der Waals surface area contributed by atoms with E-state index in [1.807, 2.05) is 0 Å². The molecule has 0 spiro atoms. The first-order chi connectivity index (χ1) is 17.7. The highest BCUT2D eigenvalue weighted by molar-refractivity contribution is 7.48. The lowest BCUT2D eigenvalue weighted by Crippen LogP contribution is -2.06. The molecular formula is C28H51O8P. The molecule has 0 heterocycles. The number of unbranched alkanes of at least 4 members (excludes halogenated alkanes) is 11. The second-order valence-electron chi connectivity index (χ2n) is 9.38. The van der Waals surface area contributed by atoms with Crippen LogP contribution in [0.4, 0.5) is 0 Å². The summed E-state index contributed by atoms with van der Waals surface area (Å²) in [6.07, 6.45) is 13.1. The van der Waals surface area contributed by atoms with Crippen molar-refractivity contribution in [2.24, 2.45) is 0 Å². The topological polar surface area (TPSA) is 97.4 Å². The van der Waals surface area contributed by atoms with Crippen LogP contribution < -0.4 is 0 Å². The molecule has 37 heavy (non-hydrogen) atoms. The number of carbonyl (C=O) groups is 2. The Hall–Kier alpha value is -1.47. The predicted molar refractivity (Wildman–Crippen MR) is 147 cm³/mol. The Bertz CT molecular complexity index is 646. The molecule has 0 saturated carbocycles. The fourth-order valence-electron chi connectivity index (χ4n) is 3.21. The van der Waals surface area contributed by atoms with Gasteiger partial charge in [-0.2, -0.15) is 0 Å². The van der Waals surface area contributed by atoms with Gasteiger partial charge in [-0.1, -0.05) is 65.0 Å². The fourth-order valence-corrected chi connectivity index (χ4v) is 4.50. The lowest BCUT2D eigenvalue weighted by Gasteiger charge is -2.18. The van der Waals surface area contributed by atoms with Crippen LogP contribution in [-0.2, 0) is 37.2 Å². The summed E-state index contributed by atoms with van der Waals surface area (Å²) < 4.78 is 40.0. The molecule has 0 atom stereocenters. The van der Waals surface area contributed by atoms with Gasteiger partial charge in [0.05, 0.1) is 33.0 Å². The highest BCUT2D eigenvalue weighted by atomic mass is 31.2. The van der Waals surface area contributed by atoms with Crippen LogP contribution in [0, 0.1) is 0 Å². The predicted octanol–water partition coefficient (Wildman–Crippen LogP) is 7.86. The van der Waals surface area contributed by atoms with Crippen LogP contribution in [0.3, 0.4) is 0 Å². The van der Waals surface area contributed by atoms with Crippen molar-refractivity contribution in [1.82, 2.24) is 0 Å². The highest BCUT2D eigenvalue weighted by Gasteiger charge is 2.26. The lowest BCUT2D eigenvalue weighted by molar-refractivity contribution is -0.139. The van der Waals surface area contributed by atoms with E-state index in [-0.39, 0.29) is 25.2 Å². The number of hydrogen-bond donors (Lipinski definition) is 0. The van der Waals surface area contributed by atoms with Crippen LogP contribution >= 0.6 is 7.82 Å². The van der Waals surface area contributed by atoms with Crippen LogP contribution in [0.1, 0.15) is 111 Å². The largest absolute Gasteiger partial charge is 0.474 e. The Balaban J connectivity index is 4.20. The zero-order valence-electron chi connectivity index (χ0n) is 23.6. The molecule has 0 fully saturated rings. The van der Waals surface area contributed by atoms with Gasteiger partial charge in [0.25, 0.3) is 0 Å². The van der Waals surface area contributed by atoms with E-state index in [4.69, 9.17) is 23.0 Å². The van der Waals surface area contributed by atoms with E-state index in [1.165, 1.54) is 19.3 Å². The highest BCUT2D eigenvalue weighted by Crippen LogP contribution is 2.50. The van der Waals surface area contributed by atoms with Crippen molar-refractivity contribution in [1.29, 1.82) is 0 Å². The van der Waals surface area contributed by atoms with Gasteiger partial charge >= 0.3 is 19.8 Å². The molecule has 0 rings (SSSR count). The van der Waals surface area contributed by atoms with Gasteiger partial charge in [0.2, 0.25) is 0 Å². The molecule has 9 heteroatoms. The van der Waals surface area contributed by atoms with Crippen molar-refractivity contribution in [3.8, 4) is 0 Å². The second-order valence-corrected chi connectivity index (χ2v) is 11.0. The van der Waals surface area contributed by atoms with Crippen molar-refractivity contribution in [3.05, 3.63) is 24.3 Å². The second kappa shape index (κ2) is 23.6. The van der Waals surface area contributed by atoms with Crippen molar-refractivity contribution < 1.29 is 37.2 Å². The summed E-state index contributed by atoms with van der Waals surface area (Å²) in [7, 11) is -3.61. The van der Waals surface area contributed by atoms with Gasteiger partial charge in [0, 0.05) is 11.1 Å². The Labute approximate surface area is 225 Å². The third-order valence-electron chi connectivity index (χ3n) is 5.49. The first-order valence-corrected chi connectivity index (χ1v) is 15.4. The van der Waals surface area contributed by atoms with Gasteiger partial charge < -0.3 is 9.47 Å². The lowest BCUT2D eigenvalue weighted by atomic mass is 10.1. The van der Waals surface area contributed by atoms with Crippen molar-refractivity contribution in [2.45, 2.75) is 111 Å². The molecule has 0 unspecified atom stereocenters. The summed E-state index contributed by atoms with van der Waals surface area (Å²) >= 11 is 0. The Morgan fingerprint density at radius 1 is 0.541 bits per heavy atom. The first kappa shape index (κ1) is 35.5. The summed E-state index contributed by atoms with van der Waals surface area (Å²) in [5.74, 6) is -0.731. The van der Waals surface area contributed by atoms with E-state index in [1.54, 1.807) is 13.8 Å². The van der Waals surface area contributed by atoms with E-state index in [9.17, 15) is 14.2 Å². The minimum atomic E-state index is -3.61. The molecule has 8 nitrogen and oxygen atoms in total. The molecule has 216 valence electrons. The van der Waals surface area contributed by atoms with Crippen molar-refractivity contribution in [3.63, 3.8) is 0 Å². The van der Waals surface area contributed by atoms with Crippen molar-refractivity contribution in [2.75, 3.05) is 33.0 Å². The van der Waals surface area contributed by atoms with Crippen LogP contribution in [0.25, 0.3) is 0 Å². The standard InChI is InChI=1S/C28H51O8P/c1-6-7-8-9-10-17-22-34-37(31,35-23-18-13-11-15-20-32-27(29)25(2)3)36-24-19-14-12-16-21-33-28(30)26(4)5/h2,4,6-24H2,1,3,5H3. The molecule has 0 bridgehead atoms. The smallest absolute Gasteiger partial charge is 0.462 e. The quantitative estimate of drug-likeness (QED) is 0.0468. The summed E-state index contributed by atoms with van der Waals surface area (Å²) in [5.41, 5.74) is 0.795. The maximum absolute atomic E-state index is 13.1. The van der Waals surface area contributed by atoms with Crippen LogP contribution in [0.15, 0.2) is 24.3 Å². The zero-order valence-corrected chi connectivity index (χ0v) is 24.5. The zero-order chi connectivity index (χ0) is 27.8. The first-order valence-electron chi connectivity index (χ1n) is 13.9. The average Bonchev–Trinajstić information content (AvgIpc) is 2.86. The van der Waals surface area contributed by atoms with E-state index < -0.39 is 7.82 Å². The van der Waals surface area contributed by atoms with Crippen LogP contribution in [-0.4, -0.2) is 45.0 Å². The fraction of sp³-hybridized carbons (Fsp3) is 0.786. The van der Waals surface area contributed by atoms with E-state index in [2.05, 4.69) is 20.1 Å². The van der Waals surface area contributed by atoms with Gasteiger partial charge in [-0.15, -0.1) is 0 Å². The molecule has 0 aromatic heterocycles. The number of phosphoric acid groups is 1. The Morgan fingerprint density at radius 2 is 0.838 bits per heavy atom. The van der Waals surface area contributed by atoms with Crippen LogP contribution in [0.5, 0.6) is 0 Å². The molecule has 0 aliphatic rings. The normalized spacial score (nSPS) is 11.3. The Kier molecular flexibility index (Phi) is 22.7. The Morgan fingerprint density at radius 3 is 1.16 bits per heavy atom. The number of hydrogen-bond acceptors (Lipinski definition) is 8. The molecule has 0 N–H and O–H groups in total. The number of esters is 2. The van der Waals surface area contributed by atoms with Gasteiger partial charge in [0.1, 0.15) is 0 Å². The molecule has 0 saturated heterocycles. The summed E-state index contributed by atoms with van der Waals surface area (Å²) in [6.45, 7) is 14.2.